The molecule has 0 bridgehead atoms. The highest BCUT2D eigenvalue weighted by Crippen LogP contribution is 2.25. The molecule has 156 valence electrons. The second-order valence-corrected chi connectivity index (χ2v) is 9.21. The molecule has 0 aliphatic heterocycles. The minimum atomic E-state index is -3.87. The molecular weight excluding hydrogens is 376 g/mol. The van der Waals surface area contributed by atoms with Gasteiger partial charge in [0.15, 0.2) is 0 Å². The van der Waals surface area contributed by atoms with Gasteiger partial charge in [-0.1, -0.05) is 55.5 Å². The van der Waals surface area contributed by atoms with E-state index in [2.05, 4.69) is 0 Å². The molecule has 2 rings (SSSR count). The molecule has 1 aliphatic carbocycles. The molecule has 0 aromatic heterocycles. The predicted octanol–water partition coefficient (Wildman–Crippen LogP) is 4.33. The number of hydrogen-bond donors (Lipinski definition) is 1. The van der Waals surface area contributed by atoms with E-state index < -0.39 is 16.2 Å². The van der Waals surface area contributed by atoms with Crippen molar-refractivity contribution in [2.24, 2.45) is 5.92 Å². The molecular formula is C22H32O5S. The van der Waals surface area contributed by atoms with Crippen LogP contribution in [0, 0.1) is 12.8 Å². The lowest BCUT2D eigenvalue weighted by molar-refractivity contribution is -0.123. The summed E-state index contributed by atoms with van der Waals surface area (Å²) in [5.74, 6) is 0.598. The topological polar surface area (TPSA) is 80.7 Å². The van der Waals surface area contributed by atoms with E-state index in [0.29, 0.717) is 18.6 Å². The Labute approximate surface area is 168 Å². The number of aliphatic hydroxyl groups is 1. The SMILES string of the molecule is Cc1ccc(S(=O)(=O)OC[C@@H](O)/C=C/CCCC(=O)C2CCCCCC2)cc1. The lowest BCUT2D eigenvalue weighted by Gasteiger charge is -2.12. The summed E-state index contributed by atoms with van der Waals surface area (Å²) in [6, 6.07) is 6.36. The zero-order valence-electron chi connectivity index (χ0n) is 16.7. The van der Waals surface area contributed by atoms with Gasteiger partial charge >= 0.3 is 0 Å². The number of hydrogen-bond acceptors (Lipinski definition) is 5. The van der Waals surface area contributed by atoms with Crippen LogP contribution in [0.15, 0.2) is 41.3 Å². The van der Waals surface area contributed by atoms with Crippen molar-refractivity contribution >= 4 is 15.9 Å². The standard InChI is InChI=1S/C22H32O5S/c1-18-13-15-21(16-14-18)28(25,26)27-17-20(23)11-7-4-8-12-22(24)19-9-5-2-3-6-10-19/h7,11,13-16,19-20,23H,2-6,8-10,12,17H2,1H3/b11-7+/t20-/m0/s1. The second-order valence-electron chi connectivity index (χ2n) is 7.59. The van der Waals surface area contributed by atoms with Crippen LogP contribution in [0.5, 0.6) is 0 Å². The number of aryl methyl sites for hydroxylation is 1. The van der Waals surface area contributed by atoms with Crippen LogP contribution in [0.1, 0.15) is 63.4 Å². The molecule has 1 saturated carbocycles. The Morgan fingerprint density at radius 3 is 2.46 bits per heavy atom. The van der Waals surface area contributed by atoms with E-state index in [1.165, 1.54) is 31.1 Å². The largest absolute Gasteiger partial charge is 0.387 e. The van der Waals surface area contributed by atoms with E-state index >= 15 is 0 Å². The van der Waals surface area contributed by atoms with Crippen LogP contribution in [-0.4, -0.2) is 32.0 Å². The minimum absolute atomic E-state index is 0.0753. The van der Waals surface area contributed by atoms with Crippen molar-refractivity contribution in [2.45, 2.75) is 75.7 Å². The second kappa shape index (κ2) is 11.5. The Kier molecular flexibility index (Phi) is 9.35. The van der Waals surface area contributed by atoms with Crippen molar-refractivity contribution in [1.29, 1.82) is 0 Å². The molecule has 0 spiro atoms. The van der Waals surface area contributed by atoms with Crippen molar-refractivity contribution in [2.75, 3.05) is 6.61 Å². The van der Waals surface area contributed by atoms with Crippen molar-refractivity contribution in [3.05, 3.63) is 42.0 Å². The highest BCUT2D eigenvalue weighted by Gasteiger charge is 2.19. The van der Waals surface area contributed by atoms with Crippen LogP contribution < -0.4 is 0 Å². The zero-order valence-corrected chi connectivity index (χ0v) is 17.5. The molecule has 0 heterocycles. The molecule has 1 aromatic rings. The molecule has 0 amide bonds. The highest BCUT2D eigenvalue weighted by atomic mass is 32.2. The smallest absolute Gasteiger partial charge is 0.297 e. The van der Waals surface area contributed by atoms with E-state index in [9.17, 15) is 18.3 Å². The Bertz CT molecular complexity index is 729. The van der Waals surface area contributed by atoms with E-state index in [-0.39, 0.29) is 17.4 Å². The third kappa shape index (κ3) is 7.86. The van der Waals surface area contributed by atoms with Gasteiger partial charge in [0.05, 0.1) is 17.6 Å². The number of allylic oxidation sites excluding steroid dienone is 1. The van der Waals surface area contributed by atoms with Crippen LogP contribution in [0.2, 0.25) is 0 Å². The summed E-state index contributed by atoms with van der Waals surface area (Å²) in [5, 5.41) is 9.90. The summed E-state index contributed by atoms with van der Waals surface area (Å²) in [6.07, 6.45) is 11.2. The zero-order chi connectivity index (χ0) is 20.4. The lowest BCUT2D eigenvalue weighted by atomic mass is 9.92. The van der Waals surface area contributed by atoms with Gasteiger partial charge in [0.25, 0.3) is 10.1 Å². The summed E-state index contributed by atoms with van der Waals surface area (Å²) in [7, 11) is -3.87. The maximum Gasteiger partial charge on any atom is 0.297 e. The summed E-state index contributed by atoms with van der Waals surface area (Å²) in [5.41, 5.74) is 0.958. The third-order valence-corrected chi connectivity index (χ3v) is 6.46. The average Bonchev–Trinajstić information content (AvgIpc) is 2.96. The van der Waals surface area contributed by atoms with Crippen molar-refractivity contribution in [3.8, 4) is 0 Å². The third-order valence-electron chi connectivity index (χ3n) is 5.17. The van der Waals surface area contributed by atoms with Crippen molar-refractivity contribution in [1.82, 2.24) is 0 Å². The van der Waals surface area contributed by atoms with Gasteiger partial charge in [-0.15, -0.1) is 0 Å². The monoisotopic (exact) mass is 408 g/mol. The Balaban J connectivity index is 1.66. The molecule has 0 radical (unpaired) electrons. The Hall–Kier alpha value is -1.50. The van der Waals surface area contributed by atoms with E-state index in [1.54, 1.807) is 18.2 Å². The van der Waals surface area contributed by atoms with Gasteiger partial charge in [0, 0.05) is 12.3 Å². The van der Waals surface area contributed by atoms with E-state index in [0.717, 1.165) is 37.7 Å². The summed E-state index contributed by atoms with van der Waals surface area (Å²) in [6.45, 7) is 1.55. The molecule has 1 fully saturated rings. The van der Waals surface area contributed by atoms with Gasteiger partial charge in [-0.2, -0.15) is 8.42 Å². The number of carbonyl (C=O) groups is 1. The Morgan fingerprint density at radius 2 is 1.82 bits per heavy atom. The predicted molar refractivity (Wildman–Crippen MR) is 110 cm³/mol. The molecule has 5 nitrogen and oxygen atoms in total. The number of benzene rings is 1. The van der Waals surface area contributed by atoms with Gasteiger partial charge in [-0.25, -0.2) is 0 Å². The number of ketones is 1. The first-order chi connectivity index (χ1) is 13.4. The van der Waals surface area contributed by atoms with Crippen molar-refractivity contribution in [3.63, 3.8) is 0 Å². The summed E-state index contributed by atoms with van der Waals surface area (Å²) in [4.78, 5) is 12.3. The molecule has 1 aliphatic rings. The fraction of sp³-hybridized carbons (Fsp3) is 0.591. The Morgan fingerprint density at radius 1 is 1.18 bits per heavy atom. The first kappa shape index (κ1) is 22.8. The summed E-state index contributed by atoms with van der Waals surface area (Å²) >= 11 is 0. The quantitative estimate of drug-likeness (QED) is 0.270. The molecule has 1 atom stereocenters. The highest BCUT2D eigenvalue weighted by molar-refractivity contribution is 7.86. The van der Waals surface area contributed by atoms with Gasteiger partial charge in [-0.05, 0) is 44.7 Å². The number of aliphatic hydroxyl groups excluding tert-OH is 1. The fourth-order valence-corrected chi connectivity index (χ4v) is 4.36. The van der Waals surface area contributed by atoms with E-state index in [4.69, 9.17) is 4.18 Å². The van der Waals surface area contributed by atoms with Crippen molar-refractivity contribution < 1.29 is 22.5 Å². The average molecular weight is 409 g/mol. The normalized spacial score (nSPS) is 17.5. The molecule has 1 aromatic carbocycles. The van der Waals surface area contributed by atoms with Gasteiger partial charge in [0.2, 0.25) is 0 Å². The van der Waals surface area contributed by atoms with Crippen LogP contribution in [-0.2, 0) is 19.1 Å². The minimum Gasteiger partial charge on any atom is -0.387 e. The maximum absolute atomic E-state index is 12.3. The number of rotatable bonds is 10. The number of carbonyl (C=O) groups excluding carboxylic acids is 1. The molecule has 28 heavy (non-hydrogen) atoms. The van der Waals surface area contributed by atoms with Crippen LogP contribution in [0.3, 0.4) is 0 Å². The van der Waals surface area contributed by atoms with Crippen LogP contribution in [0.25, 0.3) is 0 Å². The van der Waals surface area contributed by atoms with Gasteiger partial charge in [-0.3, -0.25) is 8.98 Å². The first-order valence-electron chi connectivity index (χ1n) is 10.2. The molecule has 1 N–H and O–H groups in total. The molecule has 6 heteroatoms. The molecule has 0 saturated heterocycles. The van der Waals surface area contributed by atoms with Crippen LogP contribution >= 0.6 is 0 Å². The molecule has 0 unspecified atom stereocenters. The number of unbranched alkanes of at least 4 members (excludes halogenated alkanes) is 1. The lowest BCUT2D eigenvalue weighted by Crippen LogP contribution is -2.17. The van der Waals surface area contributed by atoms with E-state index in [1.807, 2.05) is 6.92 Å². The first-order valence-corrected chi connectivity index (χ1v) is 11.6. The van der Waals surface area contributed by atoms with Crippen LogP contribution in [0.4, 0.5) is 0 Å². The summed E-state index contributed by atoms with van der Waals surface area (Å²) < 4.78 is 29.1. The maximum atomic E-state index is 12.3. The number of Topliss-reactive ketones (excluding diaryl/α,β-unsaturated/α-hetero) is 1. The fourth-order valence-electron chi connectivity index (χ4n) is 3.44. The van der Waals surface area contributed by atoms with Gasteiger partial charge < -0.3 is 5.11 Å². The van der Waals surface area contributed by atoms with Gasteiger partial charge in [0.1, 0.15) is 5.78 Å².